The van der Waals surface area contributed by atoms with Crippen molar-refractivity contribution in [2.75, 3.05) is 5.32 Å². The first-order valence-corrected chi connectivity index (χ1v) is 9.61. The van der Waals surface area contributed by atoms with Crippen LogP contribution in [0.1, 0.15) is 17.7 Å². The van der Waals surface area contributed by atoms with Crippen molar-refractivity contribution in [1.29, 1.82) is 0 Å². The molecule has 0 saturated heterocycles. The third kappa shape index (κ3) is 3.46. The molecule has 0 unspecified atom stereocenters. The van der Waals surface area contributed by atoms with Crippen LogP contribution in [-0.4, -0.2) is 20.6 Å². The lowest BCUT2D eigenvalue weighted by molar-refractivity contribution is -0.116. The number of nitrogens with zero attached hydrogens (tertiary/aromatic N) is 3. The van der Waals surface area contributed by atoms with E-state index < -0.39 is 0 Å². The molecule has 1 aromatic carbocycles. The standard InChI is InChI=1S/C20H18N4O3S/c1-12-10-15(23-27-12)22-16(25)8-9-24-11-21-19-17(20(24)26)13(2)18(28-19)14-6-4-3-5-7-14/h3-7,10-11H,8-9H2,1-2H3,(H,22,23,25). The smallest absolute Gasteiger partial charge is 0.262 e. The fourth-order valence-electron chi connectivity index (χ4n) is 3.04. The number of rotatable bonds is 5. The molecule has 3 heterocycles. The van der Waals surface area contributed by atoms with E-state index in [4.69, 9.17) is 4.52 Å². The van der Waals surface area contributed by atoms with Gasteiger partial charge in [0.05, 0.1) is 11.7 Å². The van der Waals surface area contributed by atoms with Gasteiger partial charge in [0, 0.05) is 23.9 Å². The van der Waals surface area contributed by atoms with Crippen LogP contribution in [0, 0.1) is 13.8 Å². The van der Waals surface area contributed by atoms with Crippen molar-refractivity contribution in [1.82, 2.24) is 14.7 Å². The molecule has 0 aliphatic heterocycles. The highest BCUT2D eigenvalue weighted by molar-refractivity contribution is 7.22. The van der Waals surface area contributed by atoms with E-state index in [1.165, 1.54) is 22.2 Å². The Morgan fingerprint density at radius 3 is 2.75 bits per heavy atom. The van der Waals surface area contributed by atoms with E-state index in [1.807, 2.05) is 37.3 Å². The Hall–Kier alpha value is -3.26. The predicted molar refractivity (Wildman–Crippen MR) is 109 cm³/mol. The number of hydrogen-bond acceptors (Lipinski definition) is 6. The fourth-order valence-corrected chi connectivity index (χ4v) is 4.18. The topological polar surface area (TPSA) is 90.0 Å². The molecule has 7 nitrogen and oxygen atoms in total. The van der Waals surface area contributed by atoms with Crippen LogP contribution in [0.25, 0.3) is 20.7 Å². The molecule has 8 heteroatoms. The Bertz CT molecular complexity index is 1210. The number of aryl methyl sites for hydroxylation is 3. The van der Waals surface area contributed by atoms with Gasteiger partial charge in [0.2, 0.25) is 5.91 Å². The molecule has 0 radical (unpaired) electrons. The summed E-state index contributed by atoms with van der Waals surface area (Å²) in [6.45, 7) is 3.92. The van der Waals surface area contributed by atoms with Gasteiger partial charge in [-0.2, -0.15) is 0 Å². The molecular weight excluding hydrogens is 376 g/mol. The number of amides is 1. The molecule has 0 saturated carbocycles. The van der Waals surface area contributed by atoms with Crippen molar-refractivity contribution < 1.29 is 9.32 Å². The van der Waals surface area contributed by atoms with Crippen LogP contribution in [-0.2, 0) is 11.3 Å². The van der Waals surface area contributed by atoms with Gasteiger partial charge in [-0.25, -0.2) is 4.98 Å². The summed E-state index contributed by atoms with van der Waals surface area (Å²) in [5, 5.41) is 6.99. The first-order chi connectivity index (χ1) is 13.5. The highest BCUT2D eigenvalue weighted by atomic mass is 32.1. The first kappa shape index (κ1) is 18.1. The minimum atomic E-state index is -0.243. The third-order valence-electron chi connectivity index (χ3n) is 4.43. The minimum Gasteiger partial charge on any atom is -0.360 e. The van der Waals surface area contributed by atoms with Gasteiger partial charge in [-0.1, -0.05) is 35.5 Å². The van der Waals surface area contributed by atoms with Crippen molar-refractivity contribution in [2.45, 2.75) is 26.8 Å². The van der Waals surface area contributed by atoms with Crippen LogP contribution in [0.4, 0.5) is 5.82 Å². The molecule has 0 bridgehead atoms. The second kappa shape index (κ2) is 7.40. The van der Waals surface area contributed by atoms with Crippen molar-refractivity contribution in [3.63, 3.8) is 0 Å². The number of fused-ring (bicyclic) bond motifs is 1. The number of hydrogen-bond donors (Lipinski definition) is 1. The Morgan fingerprint density at radius 1 is 1.25 bits per heavy atom. The van der Waals surface area contributed by atoms with Crippen LogP contribution in [0.2, 0.25) is 0 Å². The number of thiophene rings is 1. The average molecular weight is 394 g/mol. The number of carbonyl (C=O) groups is 1. The molecule has 3 aromatic heterocycles. The van der Waals surface area contributed by atoms with Gasteiger partial charge in [-0.15, -0.1) is 11.3 Å². The van der Waals surface area contributed by atoms with Crippen molar-refractivity contribution in [3.05, 3.63) is 64.4 Å². The maximum atomic E-state index is 12.9. The summed E-state index contributed by atoms with van der Waals surface area (Å²) < 4.78 is 6.40. The summed E-state index contributed by atoms with van der Waals surface area (Å²) in [4.78, 5) is 31.2. The molecule has 1 amide bonds. The van der Waals surface area contributed by atoms with E-state index in [9.17, 15) is 9.59 Å². The maximum absolute atomic E-state index is 12.9. The largest absolute Gasteiger partial charge is 0.360 e. The van der Waals surface area contributed by atoms with Crippen LogP contribution in [0.15, 0.2) is 52.0 Å². The lowest BCUT2D eigenvalue weighted by Crippen LogP contribution is -2.23. The Kier molecular flexibility index (Phi) is 4.79. The molecule has 142 valence electrons. The second-order valence-corrected chi connectivity index (χ2v) is 7.47. The highest BCUT2D eigenvalue weighted by Crippen LogP contribution is 2.35. The molecule has 1 N–H and O–H groups in total. The van der Waals surface area contributed by atoms with E-state index in [-0.39, 0.29) is 24.4 Å². The molecule has 0 aliphatic rings. The Morgan fingerprint density at radius 2 is 2.04 bits per heavy atom. The molecule has 0 aliphatic carbocycles. The summed E-state index contributed by atoms with van der Waals surface area (Å²) in [5.74, 6) is 0.736. The average Bonchev–Trinajstić information content (AvgIpc) is 3.25. The summed E-state index contributed by atoms with van der Waals surface area (Å²) in [6, 6.07) is 11.6. The van der Waals surface area contributed by atoms with Gasteiger partial charge in [-0.3, -0.25) is 14.2 Å². The van der Waals surface area contributed by atoms with Crippen LogP contribution >= 0.6 is 11.3 Å². The molecule has 4 aromatic rings. The number of anilines is 1. The summed E-state index contributed by atoms with van der Waals surface area (Å²) in [6.07, 6.45) is 1.64. The molecule has 0 spiro atoms. The first-order valence-electron chi connectivity index (χ1n) is 8.80. The Labute approximate surface area is 164 Å². The molecule has 0 fully saturated rings. The zero-order chi connectivity index (χ0) is 19.7. The summed E-state index contributed by atoms with van der Waals surface area (Å²) in [5.41, 5.74) is 1.85. The number of carbonyl (C=O) groups excluding carboxylic acids is 1. The van der Waals surface area contributed by atoms with E-state index in [1.54, 1.807) is 13.0 Å². The summed E-state index contributed by atoms with van der Waals surface area (Å²) in [7, 11) is 0. The third-order valence-corrected chi connectivity index (χ3v) is 5.68. The molecule has 4 rings (SSSR count). The summed E-state index contributed by atoms with van der Waals surface area (Å²) >= 11 is 1.51. The highest BCUT2D eigenvalue weighted by Gasteiger charge is 2.16. The van der Waals surface area contributed by atoms with Crippen molar-refractivity contribution in [3.8, 4) is 10.4 Å². The molecule has 0 atom stereocenters. The quantitative estimate of drug-likeness (QED) is 0.557. The van der Waals surface area contributed by atoms with E-state index in [2.05, 4.69) is 15.5 Å². The van der Waals surface area contributed by atoms with Crippen LogP contribution in [0.5, 0.6) is 0 Å². The molecular formula is C20H18N4O3S. The lowest BCUT2D eigenvalue weighted by atomic mass is 10.1. The predicted octanol–water partition coefficient (Wildman–Crippen LogP) is 3.76. The SMILES string of the molecule is Cc1cc(NC(=O)CCn2cnc3sc(-c4ccccc4)c(C)c3c2=O)no1. The van der Waals surface area contributed by atoms with E-state index in [0.29, 0.717) is 21.8 Å². The van der Waals surface area contributed by atoms with Gasteiger partial charge in [0.25, 0.3) is 5.56 Å². The molecule has 28 heavy (non-hydrogen) atoms. The monoisotopic (exact) mass is 394 g/mol. The lowest BCUT2D eigenvalue weighted by Gasteiger charge is -2.05. The minimum absolute atomic E-state index is 0.133. The van der Waals surface area contributed by atoms with Gasteiger partial charge < -0.3 is 9.84 Å². The zero-order valence-corrected chi connectivity index (χ0v) is 16.2. The number of nitrogens with one attached hydrogen (secondary N) is 1. The Balaban J connectivity index is 1.57. The second-order valence-electron chi connectivity index (χ2n) is 6.47. The van der Waals surface area contributed by atoms with Crippen LogP contribution in [0.3, 0.4) is 0 Å². The number of aromatic nitrogens is 3. The normalized spacial score (nSPS) is 11.1. The van der Waals surface area contributed by atoms with Crippen molar-refractivity contribution >= 4 is 33.3 Å². The van der Waals surface area contributed by atoms with E-state index >= 15 is 0 Å². The van der Waals surface area contributed by atoms with Gasteiger partial charge in [0.1, 0.15) is 10.6 Å². The van der Waals surface area contributed by atoms with Crippen LogP contribution < -0.4 is 10.9 Å². The van der Waals surface area contributed by atoms with Crippen molar-refractivity contribution in [2.24, 2.45) is 0 Å². The van der Waals surface area contributed by atoms with Gasteiger partial charge >= 0.3 is 0 Å². The van der Waals surface area contributed by atoms with Gasteiger partial charge in [0.15, 0.2) is 5.82 Å². The fraction of sp³-hybridized carbons (Fsp3) is 0.200. The maximum Gasteiger partial charge on any atom is 0.262 e. The van der Waals surface area contributed by atoms with Gasteiger partial charge in [-0.05, 0) is 25.0 Å². The van der Waals surface area contributed by atoms with E-state index in [0.717, 1.165) is 16.0 Å². The zero-order valence-electron chi connectivity index (χ0n) is 15.4. The number of benzene rings is 1.